The lowest BCUT2D eigenvalue weighted by atomic mass is 10.1. The lowest BCUT2D eigenvalue weighted by molar-refractivity contribution is -0.119. The van der Waals surface area contributed by atoms with Crippen LogP contribution in [0, 0.1) is 6.92 Å². The van der Waals surface area contributed by atoms with Crippen LogP contribution in [0.5, 0.6) is 0 Å². The first-order valence-electron chi connectivity index (χ1n) is 7.97. The zero-order valence-electron chi connectivity index (χ0n) is 13.0. The summed E-state index contributed by atoms with van der Waals surface area (Å²) < 4.78 is 0. The van der Waals surface area contributed by atoms with Crippen molar-refractivity contribution in [1.29, 1.82) is 0 Å². The smallest absolute Gasteiger partial charge is 0.217 e. The molecule has 0 bridgehead atoms. The van der Waals surface area contributed by atoms with E-state index >= 15 is 0 Å². The fraction of sp³-hybridized carbons (Fsp3) is 0.588. The topological polar surface area (TPSA) is 44.4 Å². The normalized spacial score (nSPS) is 21.6. The Bertz CT molecular complexity index is 525. The van der Waals surface area contributed by atoms with Gasteiger partial charge in [-0.2, -0.15) is 0 Å². The van der Waals surface area contributed by atoms with Gasteiger partial charge in [-0.05, 0) is 43.4 Å². The van der Waals surface area contributed by atoms with Crippen molar-refractivity contribution < 1.29 is 4.79 Å². The lowest BCUT2D eigenvalue weighted by Gasteiger charge is -2.22. The summed E-state index contributed by atoms with van der Waals surface area (Å²) in [6.45, 7) is 6.68. The van der Waals surface area contributed by atoms with Crippen molar-refractivity contribution in [2.24, 2.45) is 0 Å². The van der Waals surface area contributed by atoms with Gasteiger partial charge in [0.1, 0.15) is 0 Å². The molecule has 1 saturated heterocycles. The molecule has 1 heterocycles. The molecule has 1 aliphatic heterocycles. The SMILES string of the molecule is CC(=O)NC1CCN(c2ccc(CNC3CC3)cc2C)C1. The number of carbonyl (C=O) groups is 1. The second-order valence-electron chi connectivity index (χ2n) is 6.41. The molecule has 1 aromatic rings. The predicted molar refractivity (Wildman–Crippen MR) is 85.5 cm³/mol. The molecule has 2 fully saturated rings. The van der Waals surface area contributed by atoms with Crippen LogP contribution in [0.3, 0.4) is 0 Å². The van der Waals surface area contributed by atoms with Gasteiger partial charge >= 0.3 is 0 Å². The molecule has 3 rings (SSSR count). The first-order valence-corrected chi connectivity index (χ1v) is 7.97. The molecule has 0 aromatic heterocycles. The number of hydrogen-bond donors (Lipinski definition) is 2. The first kappa shape index (κ1) is 14.4. The number of benzene rings is 1. The van der Waals surface area contributed by atoms with Crippen molar-refractivity contribution in [3.05, 3.63) is 29.3 Å². The van der Waals surface area contributed by atoms with Gasteiger partial charge in [0.25, 0.3) is 0 Å². The summed E-state index contributed by atoms with van der Waals surface area (Å²) >= 11 is 0. The van der Waals surface area contributed by atoms with Crippen LogP contribution < -0.4 is 15.5 Å². The molecule has 21 heavy (non-hydrogen) atoms. The van der Waals surface area contributed by atoms with Crippen LogP contribution in [0.15, 0.2) is 18.2 Å². The highest BCUT2D eigenvalue weighted by atomic mass is 16.1. The van der Waals surface area contributed by atoms with Crippen LogP contribution in [0.4, 0.5) is 5.69 Å². The summed E-state index contributed by atoms with van der Waals surface area (Å²) in [7, 11) is 0. The van der Waals surface area contributed by atoms with E-state index < -0.39 is 0 Å². The molecule has 1 aliphatic carbocycles. The van der Waals surface area contributed by atoms with E-state index in [0.29, 0.717) is 0 Å². The third-order valence-electron chi connectivity index (χ3n) is 4.37. The average Bonchev–Trinajstić information content (AvgIpc) is 3.16. The highest BCUT2D eigenvalue weighted by molar-refractivity contribution is 5.73. The number of hydrogen-bond acceptors (Lipinski definition) is 3. The Balaban J connectivity index is 1.61. The molecular weight excluding hydrogens is 262 g/mol. The Morgan fingerprint density at radius 3 is 2.76 bits per heavy atom. The molecule has 2 N–H and O–H groups in total. The van der Waals surface area contributed by atoms with E-state index in [4.69, 9.17) is 0 Å². The van der Waals surface area contributed by atoms with Crippen LogP contribution in [0.2, 0.25) is 0 Å². The highest BCUT2D eigenvalue weighted by Gasteiger charge is 2.24. The van der Waals surface area contributed by atoms with Crippen LogP contribution in [0.25, 0.3) is 0 Å². The molecule has 2 aliphatic rings. The van der Waals surface area contributed by atoms with Crippen molar-refractivity contribution in [3.63, 3.8) is 0 Å². The maximum Gasteiger partial charge on any atom is 0.217 e. The van der Waals surface area contributed by atoms with Gasteiger partial charge in [-0.1, -0.05) is 12.1 Å². The molecule has 1 amide bonds. The molecular formula is C17H25N3O. The molecule has 1 unspecified atom stereocenters. The van der Waals surface area contributed by atoms with E-state index in [9.17, 15) is 4.79 Å². The molecule has 114 valence electrons. The fourth-order valence-electron chi connectivity index (χ4n) is 3.12. The Morgan fingerprint density at radius 2 is 2.10 bits per heavy atom. The van der Waals surface area contributed by atoms with Crippen molar-refractivity contribution in [3.8, 4) is 0 Å². The van der Waals surface area contributed by atoms with Crippen LogP contribution >= 0.6 is 0 Å². The number of carbonyl (C=O) groups excluding carboxylic acids is 1. The Labute approximate surface area is 126 Å². The summed E-state index contributed by atoms with van der Waals surface area (Å²) in [4.78, 5) is 13.5. The summed E-state index contributed by atoms with van der Waals surface area (Å²) in [5.74, 6) is 0.0695. The van der Waals surface area contributed by atoms with Crippen LogP contribution in [-0.4, -0.2) is 31.1 Å². The number of rotatable bonds is 5. The van der Waals surface area contributed by atoms with Crippen LogP contribution in [-0.2, 0) is 11.3 Å². The highest BCUT2D eigenvalue weighted by Crippen LogP contribution is 2.26. The minimum atomic E-state index is 0.0695. The fourth-order valence-corrected chi connectivity index (χ4v) is 3.12. The molecule has 4 nitrogen and oxygen atoms in total. The molecule has 0 radical (unpaired) electrons. The van der Waals surface area contributed by atoms with Crippen LogP contribution in [0.1, 0.15) is 37.3 Å². The van der Waals surface area contributed by atoms with E-state index in [-0.39, 0.29) is 11.9 Å². The maximum absolute atomic E-state index is 11.1. The summed E-state index contributed by atoms with van der Waals surface area (Å²) in [6.07, 6.45) is 3.69. The molecule has 0 spiro atoms. The Hall–Kier alpha value is -1.55. The standard InChI is InChI=1S/C17H25N3O/c1-12-9-14(10-18-15-4-5-15)3-6-17(12)20-8-7-16(11-20)19-13(2)21/h3,6,9,15-16,18H,4-5,7-8,10-11H2,1-2H3,(H,19,21). The zero-order chi connectivity index (χ0) is 14.8. The molecule has 1 saturated carbocycles. The number of amides is 1. The van der Waals surface area contributed by atoms with Gasteiger partial charge in [0.2, 0.25) is 5.91 Å². The molecule has 1 atom stereocenters. The Kier molecular flexibility index (Phi) is 4.15. The summed E-state index contributed by atoms with van der Waals surface area (Å²) in [6, 6.07) is 7.79. The monoisotopic (exact) mass is 287 g/mol. The zero-order valence-corrected chi connectivity index (χ0v) is 13.0. The Morgan fingerprint density at radius 1 is 1.29 bits per heavy atom. The third-order valence-corrected chi connectivity index (χ3v) is 4.37. The predicted octanol–water partition coefficient (Wildman–Crippen LogP) is 1.96. The minimum Gasteiger partial charge on any atom is -0.369 e. The van der Waals surface area contributed by atoms with Gasteiger partial charge < -0.3 is 15.5 Å². The van der Waals surface area contributed by atoms with Gasteiger partial charge in [0.05, 0.1) is 0 Å². The lowest BCUT2D eigenvalue weighted by Crippen LogP contribution is -2.35. The van der Waals surface area contributed by atoms with E-state index in [1.165, 1.54) is 29.7 Å². The van der Waals surface area contributed by atoms with Crippen molar-refractivity contribution >= 4 is 11.6 Å². The number of anilines is 1. The molecule has 4 heteroatoms. The van der Waals surface area contributed by atoms with Crippen molar-refractivity contribution in [2.75, 3.05) is 18.0 Å². The number of nitrogens with zero attached hydrogens (tertiary/aromatic N) is 1. The summed E-state index contributed by atoms with van der Waals surface area (Å²) in [5, 5.41) is 6.58. The average molecular weight is 287 g/mol. The van der Waals surface area contributed by atoms with Crippen molar-refractivity contribution in [2.45, 2.75) is 51.7 Å². The molecule has 1 aromatic carbocycles. The van der Waals surface area contributed by atoms with Crippen molar-refractivity contribution in [1.82, 2.24) is 10.6 Å². The number of aryl methyl sites for hydroxylation is 1. The summed E-state index contributed by atoms with van der Waals surface area (Å²) in [5.41, 5.74) is 3.99. The van der Waals surface area contributed by atoms with Gasteiger partial charge in [-0.3, -0.25) is 4.79 Å². The van der Waals surface area contributed by atoms with E-state index in [1.54, 1.807) is 6.92 Å². The largest absolute Gasteiger partial charge is 0.369 e. The van der Waals surface area contributed by atoms with Gasteiger partial charge in [-0.25, -0.2) is 0 Å². The third kappa shape index (κ3) is 3.76. The van der Waals surface area contributed by atoms with Gasteiger partial charge in [0.15, 0.2) is 0 Å². The first-order chi connectivity index (χ1) is 10.1. The quantitative estimate of drug-likeness (QED) is 0.870. The van der Waals surface area contributed by atoms with Gasteiger partial charge in [-0.15, -0.1) is 0 Å². The second kappa shape index (κ2) is 6.06. The second-order valence-corrected chi connectivity index (χ2v) is 6.41. The van der Waals surface area contributed by atoms with E-state index in [0.717, 1.165) is 32.1 Å². The van der Waals surface area contributed by atoms with E-state index in [2.05, 4.69) is 40.7 Å². The minimum absolute atomic E-state index is 0.0695. The number of nitrogens with one attached hydrogen (secondary N) is 2. The van der Waals surface area contributed by atoms with E-state index in [1.807, 2.05) is 0 Å². The van der Waals surface area contributed by atoms with Gasteiger partial charge in [0, 0.05) is 44.3 Å². The maximum atomic E-state index is 11.1.